The average molecular weight is 434 g/mol. The van der Waals surface area contributed by atoms with E-state index in [-0.39, 0.29) is 10.8 Å². The van der Waals surface area contributed by atoms with Crippen molar-refractivity contribution in [1.29, 1.82) is 0 Å². The van der Waals surface area contributed by atoms with Crippen molar-refractivity contribution in [3.63, 3.8) is 0 Å². The minimum atomic E-state index is -3.54. The first-order chi connectivity index (χ1) is 14.3. The van der Waals surface area contributed by atoms with E-state index in [2.05, 4.69) is 27.5 Å². The first-order valence-corrected chi connectivity index (χ1v) is 11.8. The Kier molecular flexibility index (Phi) is 8.73. The highest BCUT2D eigenvalue weighted by atomic mass is 32.2. The second-order valence-electron chi connectivity index (χ2n) is 6.95. The summed E-state index contributed by atoms with van der Waals surface area (Å²) in [7, 11) is -3.54. The lowest BCUT2D eigenvalue weighted by Gasteiger charge is -2.19. The van der Waals surface area contributed by atoms with Gasteiger partial charge in [-0.2, -0.15) is 4.31 Å². The van der Waals surface area contributed by atoms with Crippen LogP contribution < -0.4 is 10.6 Å². The van der Waals surface area contributed by atoms with Crippen LogP contribution in [0.5, 0.6) is 0 Å². The van der Waals surface area contributed by atoms with Crippen LogP contribution in [0.1, 0.15) is 56.1 Å². The summed E-state index contributed by atoms with van der Waals surface area (Å²) in [5.74, 6) is 0.156. The molecule has 0 aliphatic rings. The van der Waals surface area contributed by atoms with E-state index in [1.54, 1.807) is 19.1 Å². The van der Waals surface area contributed by atoms with Crippen molar-refractivity contribution in [2.75, 3.05) is 30.3 Å². The first-order valence-electron chi connectivity index (χ1n) is 10.3. The summed E-state index contributed by atoms with van der Waals surface area (Å²) in [4.78, 5) is 21.3. The van der Waals surface area contributed by atoms with E-state index in [0.717, 1.165) is 25.8 Å². The fourth-order valence-electron chi connectivity index (χ4n) is 2.91. The van der Waals surface area contributed by atoms with E-state index < -0.39 is 10.0 Å². The summed E-state index contributed by atoms with van der Waals surface area (Å²) in [6.45, 7) is 9.28. The van der Waals surface area contributed by atoms with Crippen molar-refractivity contribution in [2.24, 2.45) is 0 Å². The molecule has 1 aromatic carbocycles. The number of sulfonamides is 1. The topological polar surface area (TPSA) is 104 Å². The molecule has 0 saturated carbocycles. The summed E-state index contributed by atoms with van der Waals surface area (Å²) in [6, 6.07) is 6.18. The van der Waals surface area contributed by atoms with Gasteiger partial charge in [-0.25, -0.2) is 18.4 Å². The minimum Gasteiger partial charge on any atom is -0.354 e. The molecule has 0 radical (unpaired) electrons. The van der Waals surface area contributed by atoms with Gasteiger partial charge in [-0.1, -0.05) is 27.2 Å². The Balaban J connectivity index is 2.09. The van der Waals surface area contributed by atoms with Crippen molar-refractivity contribution in [3.05, 3.63) is 41.7 Å². The summed E-state index contributed by atoms with van der Waals surface area (Å²) in [6.07, 6.45) is 4.33. The SMILES string of the molecule is CCCCNc1ncc(C(=O)Nc2ccc(S(=O)(=O)N(CC)CCC)cc2)c(C)n1. The molecule has 0 aliphatic carbocycles. The number of carbonyl (C=O) groups is 1. The van der Waals surface area contributed by atoms with E-state index in [1.165, 1.54) is 22.6 Å². The lowest BCUT2D eigenvalue weighted by Crippen LogP contribution is -2.31. The number of hydrogen-bond donors (Lipinski definition) is 2. The number of amides is 1. The molecule has 0 unspecified atom stereocenters. The quantitative estimate of drug-likeness (QED) is 0.524. The third-order valence-electron chi connectivity index (χ3n) is 4.61. The van der Waals surface area contributed by atoms with E-state index in [1.807, 2.05) is 13.8 Å². The van der Waals surface area contributed by atoms with Gasteiger partial charge in [-0.15, -0.1) is 0 Å². The van der Waals surface area contributed by atoms with Crippen LogP contribution in [0.4, 0.5) is 11.6 Å². The molecule has 2 rings (SSSR count). The van der Waals surface area contributed by atoms with Gasteiger partial charge < -0.3 is 10.6 Å². The highest BCUT2D eigenvalue weighted by molar-refractivity contribution is 7.89. The predicted octanol–water partition coefficient (Wildman–Crippen LogP) is 3.67. The molecule has 0 fully saturated rings. The van der Waals surface area contributed by atoms with E-state index >= 15 is 0 Å². The van der Waals surface area contributed by atoms with Crippen molar-refractivity contribution in [1.82, 2.24) is 14.3 Å². The van der Waals surface area contributed by atoms with Crippen LogP contribution in [0, 0.1) is 6.92 Å². The van der Waals surface area contributed by atoms with Crippen molar-refractivity contribution in [2.45, 2.75) is 51.9 Å². The summed E-state index contributed by atoms with van der Waals surface area (Å²) < 4.78 is 26.8. The Labute approximate surface area is 179 Å². The van der Waals surface area contributed by atoms with Crippen LogP contribution in [0.15, 0.2) is 35.4 Å². The number of hydrogen-bond acceptors (Lipinski definition) is 6. The molecule has 0 atom stereocenters. The Morgan fingerprint density at radius 3 is 2.37 bits per heavy atom. The molecule has 1 amide bonds. The van der Waals surface area contributed by atoms with Crippen LogP contribution in [-0.2, 0) is 10.0 Å². The lowest BCUT2D eigenvalue weighted by molar-refractivity contribution is 0.102. The molecule has 0 bridgehead atoms. The van der Waals surface area contributed by atoms with Crippen molar-refractivity contribution >= 4 is 27.6 Å². The van der Waals surface area contributed by atoms with E-state index in [0.29, 0.717) is 36.0 Å². The number of rotatable bonds is 11. The maximum absolute atomic E-state index is 12.7. The molecule has 9 heteroatoms. The van der Waals surface area contributed by atoms with Gasteiger partial charge >= 0.3 is 0 Å². The van der Waals surface area contributed by atoms with Crippen LogP contribution in [-0.4, -0.2) is 48.2 Å². The minimum absolute atomic E-state index is 0.206. The van der Waals surface area contributed by atoms with Gasteiger partial charge in [-0.3, -0.25) is 4.79 Å². The highest BCUT2D eigenvalue weighted by Crippen LogP contribution is 2.19. The van der Waals surface area contributed by atoms with E-state index in [4.69, 9.17) is 0 Å². The van der Waals surface area contributed by atoms with Gasteiger partial charge in [0.25, 0.3) is 5.91 Å². The summed E-state index contributed by atoms with van der Waals surface area (Å²) in [5.41, 5.74) is 1.44. The monoisotopic (exact) mass is 433 g/mol. The zero-order valence-electron chi connectivity index (χ0n) is 18.1. The molecule has 1 aromatic heterocycles. The zero-order chi connectivity index (χ0) is 22.1. The molecule has 1 heterocycles. The van der Waals surface area contributed by atoms with Crippen LogP contribution >= 0.6 is 0 Å². The predicted molar refractivity (Wildman–Crippen MR) is 119 cm³/mol. The van der Waals surface area contributed by atoms with Gasteiger partial charge in [0.15, 0.2) is 0 Å². The molecule has 0 aliphatic heterocycles. The summed E-state index contributed by atoms with van der Waals surface area (Å²) >= 11 is 0. The van der Waals surface area contributed by atoms with Gasteiger partial charge in [0.2, 0.25) is 16.0 Å². The number of nitrogens with zero attached hydrogens (tertiary/aromatic N) is 3. The van der Waals surface area contributed by atoms with Gasteiger partial charge in [0.1, 0.15) is 0 Å². The fourth-order valence-corrected chi connectivity index (χ4v) is 4.45. The molecule has 2 aromatic rings. The Morgan fingerprint density at radius 2 is 1.80 bits per heavy atom. The third-order valence-corrected chi connectivity index (χ3v) is 6.60. The van der Waals surface area contributed by atoms with Gasteiger partial charge in [-0.05, 0) is 44.0 Å². The Bertz CT molecular complexity index is 946. The maximum Gasteiger partial charge on any atom is 0.259 e. The normalized spacial score (nSPS) is 11.5. The fraction of sp³-hybridized carbons (Fsp3) is 0.476. The van der Waals surface area contributed by atoms with Crippen LogP contribution in [0.3, 0.4) is 0 Å². The Hall–Kier alpha value is -2.52. The number of nitrogens with one attached hydrogen (secondary N) is 2. The third kappa shape index (κ3) is 5.99. The van der Waals surface area contributed by atoms with Crippen LogP contribution in [0.2, 0.25) is 0 Å². The number of anilines is 2. The molecule has 0 saturated heterocycles. The van der Waals surface area contributed by atoms with Crippen molar-refractivity contribution < 1.29 is 13.2 Å². The van der Waals surface area contributed by atoms with Crippen LogP contribution in [0.25, 0.3) is 0 Å². The largest absolute Gasteiger partial charge is 0.354 e. The second-order valence-corrected chi connectivity index (χ2v) is 8.89. The zero-order valence-corrected chi connectivity index (χ0v) is 18.9. The molecular formula is C21H31N5O3S. The lowest BCUT2D eigenvalue weighted by atomic mass is 10.2. The standard InChI is InChI=1S/C21H31N5O3S/c1-5-8-13-22-21-23-15-19(16(4)24-21)20(27)25-17-9-11-18(12-10-17)30(28,29)26(7-3)14-6-2/h9-12,15H,5-8,13-14H2,1-4H3,(H,25,27)(H,22,23,24). The number of aryl methyl sites for hydroxylation is 1. The van der Waals surface area contributed by atoms with E-state index in [9.17, 15) is 13.2 Å². The molecular weight excluding hydrogens is 402 g/mol. The van der Waals surface area contributed by atoms with Crippen molar-refractivity contribution in [3.8, 4) is 0 Å². The summed E-state index contributed by atoms with van der Waals surface area (Å²) in [5, 5.41) is 5.90. The number of unbranched alkanes of at least 4 members (excludes halogenated alkanes) is 1. The number of aromatic nitrogens is 2. The molecule has 30 heavy (non-hydrogen) atoms. The second kappa shape index (κ2) is 11.0. The number of carbonyl (C=O) groups excluding carboxylic acids is 1. The first kappa shape index (κ1) is 23.8. The molecule has 2 N–H and O–H groups in total. The molecule has 164 valence electrons. The maximum atomic E-state index is 12.7. The van der Waals surface area contributed by atoms with Gasteiger partial charge in [0, 0.05) is 31.5 Å². The highest BCUT2D eigenvalue weighted by Gasteiger charge is 2.22. The smallest absolute Gasteiger partial charge is 0.259 e. The molecule has 8 nitrogen and oxygen atoms in total. The average Bonchev–Trinajstić information content (AvgIpc) is 2.72. The number of benzene rings is 1. The van der Waals surface area contributed by atoms with Gasteiger partial charge in [0.05, 0.1) is 16.2 Å². The molecule has 0 spiro atoms. The Morgan fingerprint density at radius 1 is 1.10 bits per heavy atom.